The molecule has 0 saturated carbocycles. The summed E-state index contributed by atoms with van der Waals surface area (Å²) in [5.74, 6) is 0.140. The van der Waals surface area contributed by atoms with Crippen molar-refractivity contribution < 1.29 is 4.79 Å². The maximum absolute atomic E-state index is 11.9. The van der Waals surface area contributed by atoms with Gasteiger partial charge in [-0.1, -0.05) is 6.07 Å². The van der Waals surface area contributed by atoms with E-state index in [0.29, 0.717) is 11.4 Å². The number of aromatic nitrogens is 1. The first kappa shape index (κ1) is 11.8. The monoisotopic (exact) mass is 339 g/mol. The van der Waals surface area contributed by atoms with Crippen LogP contribution in [0.25, 0.3) is 0 Å². The zero-order valence-corrected chi connectivity index (χ0v) is 11.0. The zero-order chi connectivity index (χ0) is 12.3. The normalized spacial score (nSPS) is 9.94. The Balaban J connectivity index is 2.17. The summed E-state index contributed by atoms with van der Waals surface area (Å²) in [5, 5.41) is 2.80. The van der Waals surface area contributed by atoms with Crippen molar-refractivity contribution in [2.45, 2.75) is 0 Å². The quantitative estimate of drug-likeness (QED) is 0.827. The molecule has 2 aromatic rings. The fourth-order valence-corrected chi connectivity index (χ4v) is 1.90. The third kappa shape index (κ3) is 3.16. The molecular weight excluding hydrogens is 329 g/mol. The highest BCUT2D eigenvalue weighted by Crippen LogP contribution is 2.14. The summed E-state index contributed by atoms with van der Waals surface area (Å²) < 4.78 is 1.06. The van der Waals surface area contributed by atoms with Crippen molar-refractivity contribution >= 4 is 40.0 Å². The number of hydrogen-bond donors (Lipinski definition) is 2. The van der Waals surface area contributed by atoms with E-state index in [1.165, 1.54) is 6.20 Å². The summed E-state index contributed by atoms with van der Waals surface area (Å²) in [4.78, 5) is 15.7. The molecule has 0 aliphatic heterocycles. The number of halogens is 1. The van der Waals surface area contributed by atoms with Crippen LogP contribution >= 0.6 is 22.6 Å². The third-order valence-electron chi connectivity index (χ3n) is 2.13. The molecule has 4 nitrogen and oxygen atoms in total. The van der Waals surface area contributed by atoms with E-state index in [9.17, 15) is 4.79 Å². The van der Waals surface area contributed by atoms with Crippen molar-refractivity contribution in [3.63, 3.8) is 0 Å². The lowest BCUT2D eigenvalue weighted by molar-refractivity contribution is 0.102. The van der Waals surface area contributed by atoms with Crippen molar-refractivity contribution in [3.05, 3.63) is 51.7 Å². The second kappa shape index (κ2) is 5.13. The third-order valence-corrected chi connectivity index (χ3v) is 2.80. The van der Waals surface area contributed by atoms with Crippen LogP contribution < -0.4 is 11.1 Å². The summed E-state index contributed by atoms with van der Waals surface area (Å²) in [7, 11) is 0. The fraction of sp³-hybridized carbons (Fsp3) is 0. The average Bonchev–Trinajstić information content (AvgIpc) is 2.29. The van der Waals surface area contributed by atoms with Gasteiger partial charge in [-0.2, -0.15) is 0 Å². The van der Waals surface area contributed by atoms with Crippen LogP contribution in [0, 0.1) is 3.57 Å². The van der Waals surface area contributed by atoms with E-state index in [1.54, 1.807) is 12.1 Å². The van der Waals surface area contributed by atoms with Crippen LogP contribution in [-0.4, -0.2) is 10.9 Å². The van der Waals surface area contributed by atoms with Gasteiger partial charge in [0.15, 0.2) is 0 Å². The molecule has 0 saturated heterocycles. The zero-order valence-electron chi connectivity index (χ0n) is 8.85. The number of amides is 1. The number of anilines is 2. The molecule has 0 radical (unpaired) electrons. The maximum atomic E-state index is 11.9. The fourth-order valence-electron chi connectivity index (χ4n) is 1.36. The number of nitrogens with zero attached hydrogens (tertiary/aromatic N) is 1. The topological polar surface area (TPSA) is 68.0 Å². The van der Waals surface area contributed by atoms with Gasteiger partial charge in [0.1, 0.15) is 5.82 Å². The molecule has 0 fully saturated rings. The van der Waals surface area contributed by atoms with Gasteiger partial charge >= 0.3 is 0 Å². The number of nitrogen functional groups attached to an aromatic ring is 1. The second-order valence-electron chi connectivity index (χ2n) is 3.43. The van der Waals surface area contributed by atoms with Gasteiger partial charge in [-0.05, 0) is 52.9 Å². The first-order valence-corrected chi connectivity index (χ1v) is 6.01. The van der Waals surface area contributed by atoms with Crippen molar-refractivity contribution in [3.8, 4) is 0 Å². The number of carbonyl (C=O) groups excluding carboxylic acids is 1. The Kier molecular flexibility index (Phi) is 3.58. The highest BCUT2D eigenvalue weighted by Gasteiger charge is 2.06. The van der Waals surface area contributed by atoms with Crippen LogP contribution in [0.4, 0.5) is 11.5 Å². The van der Waals surface area contributed by atoms with E-state index in [2.05, 4.69) is 32.9 Å². The van der Waals surface area contributed by atoms with Crippen molar-refractivity contribution in [1.29, 1.82) is 0 Å². The van der Waals surface area contributed by atoms with E-state index in [-0.39, 0.29) is 5.91 Å². The van der Waals surface area contributed by atoms with Crippen LogP contribution in [-0.2, 0) is 0 Å². The number of rotatable bonds is 2. The molecule has 0 aliphatic carbocycles. The maximum Gasteiger partial charge on any atom is 0.255 e. The lowest BCUT2D eigenvalue weighted by atomic mass is 10.2. The van der Waals surface area contributed by atoms with Crippen molar-refractivity contribution in [2.24, 2.45) is 0 Å². The minimum absolute atomic E-state index is 0.193. The highest BCUT2D eigenvalue weighted by molar-refractivity contribution is 14.1. The van der Waals surface area contributed by atoms with E-state index < -0.39 is 0 Å². The Bertz CT molecular complexity index is 557. The largest absolute Gasteiger partial charge is 0.384 e. The van der Waals surface area contributed by atoms with E-state index in [1.807, 2.05) is 24.3 Å². The van der Waals surface area contributed by atoms with Gasteiger partial charge in [-0.15, -0.1) is 0 Å². The molecule has 1 aromatic carbocycles. The molecular formula is C12H10IN3O. The first-order chi connectivity index (χ1) is 8.15. The summed E-state index contributed by atoms with van der Waals surface area (Å²) in [5.41, 5.74) is 6.78. The summed E-state index contributed by atoms with van der Waals surface area (Å²) >= 11 is 2.19. The molecule has 2 rings (SSSR count). The number of carbonyl (C=O) groups is 1. The molecule has 17 heavy (non-hydrogen) atoms. The molecule has 0 aliphatic rings. The molecule has 0 atom stereocenters. The summed E-state index contributed by atoms with van der Waals surface area (Å²) in [6.45, 7) is 0. The minimum atomic E-state index is -0.193. The Labute approximate surface area is 112 Å². The summed E-state index contributed by atoms with van der Waals surface area (Å²) in [6, 6.07) is 10.7. The van der Waals surface area contributed by atoms with Gasteiger partial charge in [0.2, 0.25) is 0 Å². The van der Waals surface area contributed by atoms with Gasteiger partial charge in [0, 0.05) is 21.0 Å². The molecule has 1 aromatic heterocycles. The molecule has 1 amide bonds. The van der Waals surface area contributed by atoms with Crippen LogP contribution in [0.2, 0.25) is 0 Å². The number of hydrogen-bond acceptors (Lipinski definition) is 3. The van der Waals surface area contributed by atoms with Gasteiger partial charge in [0.05, 0.1) is 0 Å². The lowest BCUT2D eigenvalue weighted by Crippen LogP contribution is -2.12. The lowest BCUT2D eigenvalue weighted by Gasteiger charge is -2.05. The Morgan fingerprint density at radius 3 is 2.82 bits per heavy atom. The number of benzene rings is 1. The predicted octanol–water partition coefficient (Wildman–Crippen LogP) is 2.52. The van der Waals surface area contributed by atoms with Crippen LogP contribution in [0.5, 0.6) is 0 Å². The highest BCUT2D eigenvalue weighted by atomic mass is 127. The number of pyridine rings is 1. The van der Waals surface area contributed by atoms with E-state index >= 15 is 0 Å². The molecule has 3 N–H and O–H groups in total. The Morgan fingerprint density at radius 1 is 1.29 bits per heavy atom. The van der Waals surface area contributed by atoms with E-state index in [4.69, 9.17) is 5.73 Å². The molecule has 0 bridgehead atoms. The summed E-state index contributed by atoms with van der Waals surface area (Å²) in [6.07, 6.45) is 1.51. The van der Waals surface area contributed by atoms with Gasteiger partial charge in [-0.25, -0.2) is 4.98 Å². The van der Waals surface area contributed by atoms with Gasteiger partial charge < -0.3 is 11.1 Å². The van der Waals surface area contributed by atoms with E-state index in [0.717, 1.165) is 9.26 Å². The van der Waals surface area contributed by atoms with Gasteiger partial charge in [-0.3, -0.25) is 4.79 Å². The number of nitrogens with two attached hydrogens (primary N) is 1. The Hall–Kier alpha value is -1.63. The predicted molar refractivity (Wildman–Crippen MR) is 75.8 cm³/mol. The molecule has 0 spiro atoms. The van der Waals surface area contributed by atoms with Crippen LogP contribution in [0.15, 0.2) is 42.6 Å². The van der Waals surface area contributed by atoms with Gasteiger partial charge in [0.25, 0.3) is 5.91 Å². The molecule has 5 heteroatoms. The number of nitrogens with one attached hydrogen (secondary N) is 1. The minimum Gasteiger partial charge on any atom is -0.384 e. The first-order valence-electron chi connectivity index (χ1n) is 4.93. The SMILES string of the molecule is Nc1cc(C(=O)Nc2cccc(I)c2)ccn1. The van der Waals surface area contributed by atoms with Crippen LogP contribution in [0.3, 0.4) is 0 Å². The standard InChI is InChI=1S/C12H10IN3O/c13-9-2-1-3-10(7-9)16-12(17)8-4-5-15-11(14)6-8/h1-7H,(H2,14,15)(H,16,17). The molecule has 1 heterocycles. The average molecular weight is 339 g/mol. The van der Waals surface area contributed by atoms with Crippen LogP contribution in [0.1, 0.15) is 10.4 Å². The smallest absolute Gasteiger partial charge is 0.255 e. The van der Waals surface area contributed by atoms with Crippen molar-refractivity contribution in [2.75, 3.05) is 11.1 Å². The Morgan fingerprint density at radius 2 is 2.12 bits per heavy atom. The second-order valence-corrected chi connectivity index (χ2v) is 4.68. The molecule has 86 valence electrons. The van der Waals surface area contributed by atoms with Crippen molar-refractivity contribution in [1.82, 2.24) is 4.98 Å². The molecule has 0 unspecified atom stereocenters.